The molecule has 1 heterocycles. The Bertz CT molecular complexity index is 863. The van der Waals surface area contributed by atoms with Gasteiger partial charge >= 0.3 is 0 Å². The number of piperidine rings is 1. The lowest BCUT2D eigenvalue weighted by atomic mass is 9.52. The molecule has 6 rings (SSSR count). The third kappa shape index (κ3) is 3.51. The first-order chi connectivity index (χ1) is 13.8. The van der Waals surface area contributed by atoms with E-state index >= 15 is 0 Å². The highest BCUT2D eigenvalue weighted by molar-refractivity contribution is 7.89. The van der Waals surface area contributed by atoms with Crippen molar-refractivity contribution in [1.82, 2.24) is 9.62 Å². The molecule has 158 valence electrons. The topological polar surface area (TPSA) is 86.7 Å². The van der Waals surface area contributed by atoms with Gasteiger partial charge in [0.05, 0.1) is 10.5 Å². The van der Waals surface area contributed by atoms with Crippen molar-refractivity contribution in [3.8, 4) is 0 Å². The molecule has 2 N–H and O–H groups in total. The summed E-state index contributed by atoms with van der Waals surface area (Å²) in [4.78, 5) is 13.3. The number of benzene rings is 1. The van der Waals surface area contributed by atoms with E-state index in [4.69, 9.17) is 0 Å². The number of carbonyl (C=O) groups is 1. The van der Waals surface area contributed by atoms with Crippen molar-refractivity contribution in [3.05, 3.63) is 30.3 Å². The molecular formula is C22H30N2O4S. The summed E-state index contributed by atoms with van der Waals surface area (Å²) >= 11 is 0. The van der Waals surface area contributed by atoms with Gasteiger partial charge in [-0.1, -0.05) is 18.2 Å². The third-order valence-electron chi connectivity index (χ3n) is 7.76. The second-order valence-electron chi connectivity index (χ2n) is 9.72. The van der Waals surface area contributed by atoms with Gasteiger partial charge in [-0.2, -0.15) is 4.31 Å². The fraction of sp³-hybridized carbons (Fsp3) is 0.682. The maximum atomic E-state index is 13.0. The number of hydrogen-bond donors (Lipinski definition) is 2. The van der Waals surface area contributed by atoms with E-state index in [2.05, 4.69) is 5.32 Å². The molecule has 1 aromatic rings. The van der Waals surface area contributed by atoms with Crippen molar-refractivity contribution < 1.29 is 18.3 Å². The first-order valence-corrected chi connectivity index (χ1v) is 12.4. The number of sulfonamides is 1. The van der Waals surface area contributed by atoms with Gasteiger partial charge in [-0.05, 0) is 74.8 Å². The molecule has 4 bridgehead atoms. The molecule has 0 aromatic heterocycles. The Balaban J connectivity index is 1.19. The van der Waals surface area contributed by atoms with Crippen LogP contribution < -0.4 is 5.32 Å². The molecule has 2 unspecified atom stereocenters. The molecule has 29 heavy (non-hydrogen) atoms. The van der Waals surface area contributed by atoms with Gasteiger partial charge in [-0.15, -0.1) is 0 Å². The van der Waals surface area contributed by atoms with E-state index < -0.39 is 15.6 Å². The Hall–Kier alpha value is -1.44. The highest BCUT2D eigenvalue weighted by Crippen LogP contribution is 2.55. The minimum Gasteiger partial charge on any atom is -0.390 e. The first-order valence-electron chi connectivity index (χ1n) is 10.9. The Morgan fingerprint density at radius 2 is 1.66 bits per heavy atom. The molecule has 0 spiro atoms. The molecule has 6 nitrogen and oxygen atoms in total. The normalized spacial score (nSPS) is 37.6. The van der Waals surface area contributed by atoms with Crippen molar-refractivity contribution in [1.29, 1.82) is 0 Å². The van der Waals surface area contributed by atoms with Crippen LogP contribution in [0.4, 0.5) is 0 Å². The number of carbonyl (C=O) groups excluding carboxylic acids is 1. The van der Waals surface area contributed by atoms with E-state index in [1.807, 2.05) is 0 Å². The van der Waals surface area contributed by atoms with Gasteiger partial charge in [-0.3, -0.25) is 4.79 Å². The van der Waals surface area contributed by atoms with Gasteiger partial charge in [-0.25, -0.2) is 8.42 Å². The number of aliphatic hydroxyl groups is 1. The minimum atomic E-state index is -3.49. The zero-order chi connectivity index (χ0) is 20.2. The Labute approximate surface area is 172 Å². The largest absolute Gasteiger partial charge is 0.390 e. The predicted octanol–water partition coefficient (Wildman–Crippen LogP) is 2.14. The maximum Gasteiger partial charge on any atom is 0.243 e. The molecule has 4 aliphatic carbocycles. The van der Waals surface area contributed by atoms with E-state index in [0.29, 0.717) is 48.6 Å². The van der Waals surface area contributed by atoms with Crippen molar-refractivity contribution in [2.75, 3.05) is 13.1 Å². The van der Waals surface area contributed by atoms with Crippen LogP contribution in [0.15, 0.2) is 35.2 Å². The van der Waals surface area contributed by atoms with Crippen molar-refractivity contribution in [2.24, 2.45) is 23.7 Å². The SMILES string of the molecule is O=C(NC1C2CC3CC1CC(O)(C3)C2)C1CCN(S(=O)(=O)c2ccccc2)CC1. The van der Waals surface area contributed by atoms with Crippen molar-refractivity contribution >= 4 is 15.9 Å². The second-order valence-corrected chi connectivity index (χ2v) is 11.7. The number of hydrogen-bond acceptors (Lipinski definition) is 4. The molecule has 5 fully saturated rings. The summed E-state index contributed by atoms with van der Waals surface area (Å²) in [5, 5.41) is 14.0. The lowest BCUT2D eigenvalue weighted by molar-refractivity contribution is -0.148. The number of nitrogens with zero attached hydrogens (tertiary/aromatic N) is 1. The van der Waals surface area contributed by atoms with Crippen molar-refractivity contribution in [3.63, 3.8) is 0 Å². The van der Waals surface area contributed by atoms with E-state index in [-0.39, 0.29) is 17.9 Å². The van der Waals surface area contributed by atoms with Crippen LogP contribution in [0.5, 0.6) is 0 Å². The zero-order valence-corrected chi connectivity index (χ0v) is 17.5. The average molecular weight is 419 g/mol. The molecule has 2 atom stereocenters. The third-order valence-corrected chi connectivity index (χ3v) is 9.67. The summed E-state index contributed by atoms with van der Waals surface area (Å²) < 4.78 is 27.1. The fourth-order valence-corrected chi connectivity index (χ4v) is 8.09. The molecule has 5 aliphatic rings. The van der Waals surface area contributed by atoms with E-state index in [1.165, 1.54) is 4.31 Å². The van der Waals surface area contributed by atoms with Crippen LogP contribution >= 0.6 is 0 Å². The number of amides is 1. The summed E-state index contributed by atoms with van der Waals surface area (Å²) in [6, 6.07) is 8.69. The highest BCUT2D eigenvalue weighted by Gasteiger charge is 2.55. The molecular weight excluding hydrogens is 388 g/mol. The van der Waals surface area contributed by atoms with E-state index in [0.717, 1.165) is 32.1 Å². The minimum absolute atomic E-state index is 0.0752. The van der Waals surface area contributed by atoms with Crippen LogP contribution in [0.3, 0.4) is 0 Å². The highest BCUT2D eigenvalue weighted by atomic mass is 32.2. The summed E-state index contributed by atoms with van der Waals surface area (Å²) in [6.07, 6.45) is 5.94. The predicted molar refractivity (Wildman–Crippen MR) is 108 cm³/mol. The van der Waals surface area contributed by atoms with E-state index in [1.54, 1.807) is 30.3 Å². The smallest absolute Gasteiger partial charge is 0.243 e. The summed E-state index contributed by atoms with van der Waals surface area (Å²) in [7, 11) is -3.49. The van der Waals surface area contributed by atoms with Gasteiger partial charge < -0.3 is 10.4 Å². The van der Waals surface area contributed by atoms with Gasteiger partial charge in [0.1, 0.15) is 0 Å². The van der Waals surface area contributed by atoms with Gasteiger partial charge in [0.15, 0.2) is 0 Å². The number of rotatable bonds is 4. The van der Waals surface area contributed by atoms with Crippen LogP contribution in [0.2, 0.25) is 0 Å². The summed E-state index contributed by atoms with van der Waals surface area (Å²) in [6.45, 7) is 0.767. The molecule has 1 aromatic carbocycles. The van der Waals surface area contributed by atoms with Crippen LogP contribution in [0.25, 0.3) is 0 Å². The zero-order valence-electron chi connectivity index (χ0n) is 16.7. The standard InChI is InChI=1S/C22H30N2O4S/c25-21(23-20-17-10-15-11-18(20)14-22(26,12-15)13-17)16-6-8-24(9-7-16)29(27,28)19-4-2-1-3-5-19/h1-5,15-18,20,26H,6-14H2,(H,23,25). The summed E-state index contributed by atoms with van der Waals surface area (Å²) in [5.74, 6) is 1.36. The van der Waals surface area contributed by atoms with Gasteiger partial charge in [0.25, 0.3) is 0 Å². The average Bonchev–Trinajstić information content (AvgIpc) is 2.70. The van der Waals surface area contributed by atoms with Crippen LogP contribution in [0, 0.1) is 23.7 Å². The lowest BCUT2D eigenvalue weighted by Gasteiger charge is -2.58. The maximum absolute atomic E-state index is 13.0. The lowest BCUT2D eigenvalue weighted by Crippen LogP contribution is -2.62. The number of nitrogens with one attached hydrogen (secondary N) is 1. The Kier molecular flexibility index (Phi) is 4.76. The molecule has 1 saturated heterocycles. The summed E-state index contributed by atoms with van der Waals surface area (Å²) in [5.41, 5.74) is -0.491. The monoisotopic (exact) mass is 418 g/mol. The Morgan fingerprint density at radius 1 is 1.03 bits per heavy atom. The molecule has 7 heteroatoms. The molecule has 4 saturated carbocycles. The molecule has 0 radical (unpaired) electrons. The van der Waals surface area contributed by atoms with Gasteiger partial charge in [0.2, 0.25) is 15.9 Å². The van der Waals surface area contributed by atoms with Crippen LogP contribution in [-0.4, -0.2) is 48.5 Å². The van der Waals surface area contributed by atoms with E-state index in [9.17, 15) is 18.3 Å². The Morgan fingerprint density at radius 3 is 2.24 bits per heavy atom. The van der Waals surface area contributed by atoms with Crippen LogP contribution in [-0.2, 0) is 14.8 Å². The fourth-order valence-electron chi connectivity index (χ4n) is 6.60. The first kappa shape index (κ1) is 19.5. The second kappa shape index (κ2) is 7.06. The van der Waals surface area contributed by atoms with Crippen molar-refractivity contribution in [2.45, 2.75) is 61.5 Å². The quantitative estimate of drug-likeness (QED) is 0.784. The van der Waals surface area contributed by atoms with Gasteiger partial charge in [0, 0.05) is 25.0 Å². The molecule has 1 aliphatic heterocycles. The molecule has 1 amide bonds. The van der Waals surface area contributed by atoms with Crippen LogP contribution in [0.1, 0.15) is 44.9 Å².